The van der Waals surface area contributed by atoms with Gasteiger partial charge in [0.1, 0.15) is 0 Å². The van der Waals surface area contributed by atoms with Crippen molar-refractivity contribution in [2.75, 3.05) is 6.54 Å². The number of amides is 1. The molecule has 1 amide bonds. The second kappa shape index (κ2) is 12.0. The second-order valence-electron chi connectivity index (χ2n) is 9.92. The Bertz CT molecular complexity index is 1490. The summed E-state index contributed by atoms with van der Waals surface area (Å²) in [4.78, 5) is 24.7. The molecule has 8 nitrogen and oxygen atoms in total. The number of aromatic nitrogens is 5. The van der Waals surface area contributed by atoms with E-state index in [9.17, 15) is 4.79 Å². The minimum absolute atomic E-state index is 0.0106. The summed E-state index contributed by atoms with van der Waals surface area (Å²) >= 11 is 0. The number of benzene rings is 3. The van der Waals surface area contributed by atoms with Gasteiger partial charge in [0.25, 0.3) is 5.91 Å². The van der Waals surface area contributed by atoms with Crippen LogP contribution in [0.5, 0.6) is 0 Å². The fraction of sp³-hybridized carbons (Fsp3) is 0.219. The molecule has 1 fully saturated rings. The molecule has 6 rings (SSSR count). The smallest absolute Gasteiger partial charge is 0.292 e. The molecule has 8 heteroatoms. The Hall–Kier alpha value is -4.69. The molecule has 0 bridgehead atoms. The first-order valence-electron chi connectivity index (χ1n) is 13.7. The van der Waals surface area contributed by atoms with Crippen molar-refractivity contribution in [2.45, 2.75) is 37.9 Å². The Morgan fingerprint density at radius 1 is 0.850 bits per heavy atom. The lowest BCUT2D eigenvalue weighted by molar-refractivity contribution is 0.0710. The molecular weight excluding hydrogens is 498 g/mol. The summed E-state index contributed by atoms with van der Waals surface area (Å²) in [5.41, 5.74) is 4.09. The van der Waals surface area contributed by atoms with Crippen molar-refractivity contribution in [1.82, 2.24) is 34.9 Å². The van der Waals surface area contributed by atoms with Crippen molar-refractivity contribution >= 4 is 5.91 Å². The van der Waals surface area contributed by atoms with Gasteiger partial charge in [-0.2, -0.15) is 0 Å². The van der Waals surface area contributed by atoms with Gasteiger partial charge in [0.2, 0.25) is 5.82 Å². The van der Waals surface area contributed by atoms with Gasteiger partial charge in [0.15, 0.2) is 5.82 Å². The van der Waals surface area contributed by atoms with Gasteiger partial charge < -0.3 is 10.2 Å². The molecular formula is C32H31N7O. The van der Waals surface area contributed by atoms with E-state index in [1.54, 1.807) is 18.6 Å². The summed E-state index contributed by atoms with van der Waals surface area (Å²) < 4.78 is 1.88. The number of carbonyl (C=O) groups is 1. The molecule has 1 saturated heterocycles. The number of hydrogen-bond acceptors (Lipinski definition) is 6. The predicted molar refractivity (Wildman–Crippen MR) is 153 cm³/mol. The van der Waals surface area contributed by atoms with E-state index in [4.69, 9.17) is 0 Å². The van der Waals surface area contributed by atoms with Crippen LogP contribution in [-0.2, 0) is 13.1 Å². The van der Waals surface area contributed by atoms with Crippen LogP contribution in [0.25, 0.3) is 5.69 Å². The maximum atomic E-state index is 14.3. The average Bonchev–Trinajstić information content (AvgIpc) is 3.67. The highest BCUT2D eigenvalue weighted by Crippen LogP contribution is 2.37. The van der Waals surface area contributed by atoms with Gasteiger partial charge in [-0.05, 0) is 36.1 Å². The summed E-state index contributed by atoms with van der Waals surface area (Å²) in [6.07, 6.45) is 6.92. The average molecular weight is 530 g/mol. The largest absolute Gasteiger partial charge is 0.332 e. The van der Waals surface area contributed by atoms with Crippen LogP contribution in [0.4, 0.5) is 0 Å². The zero-order chi connectivity index (χ0) is 27.1. The zero-order valence-corrected chi connectivity index (χ0v) is 22.2. The quantitative estimate of drug-likeness (QED) is 0.296. The lowest BCUT2D eigenvalue weighted by atomic mass is 9.84. The molecule has 1 N–H and O–H groups in total. The van der Waals surface area contributed by atoms with Gasteiger partial charge in [0, 0.05) is 49.3 Å². The number of likely N-dealkylation sites (tertiary alicyclic amines) is 1. The Morgan fingerprint density at radius 2 is 1.52 bits per heavy atom. The summed E-state index contributed by atoms with van der Waals surface area (Å²) in [6, 6.07) is 30.8. The first-order valence-corrected chi connectivity index (χ1v) is 13.7. The van der Waals surface area contributed by atoms with Crippen molar-refractivity contribution in [3.05, 3.63) is 138 Å². The van der Waals surface area contributed by atoms with Crippen LogP contribution < -0.4 is 5.32 Å². The van der Waals surface area contributed by atoms with E-state index < -0.39 is 0 Å². The van der Waals surface area contributed by atoms with Gasteiger partial charge in [-0.3, -0.25) is 19.3 Å². The fourth-order valence-corrected chi connectivity index (χ4v) is 5.62. The van der Waals surface area contributed by atoms with Gasteiger partial charge in [-0.25, -0.2) is 0 Å². The van der Waals surface area contributed by atoms with Crippen molar-refractivity contribution < 1.29 is 4.79 Å². The Kier molecular flexibility index (Phi) is 7.68. The van der Waals surface area contributed by atoms with Crippen LogP contribution in [0.3, 0.4) is 0 Å². The van der Waals surface area contributed by atoms with E-state index in [1.165, 1.54) is 11.1 Å². The molecule has 0 unspecified atom stereocenters. The molecule has 40 heavy (non-hydrogen) atoms. The van der Waals surface area contributed by atoms with Gasteiger partial charge in [-0.15, -0.1) is 10.2 Å². The molecule has 0 aliphatic carbocycles. The number of para-hydroxylation sites is 1. The SMILES string of the molecule is O=C(c1nnc(CNCc2cnccn2)n1-c1ccccc1)N1CCC[C@@H]1C(c1ccccc1)c1ccccc1. The van der Waals surface area contributed by atoms with Crippen LogP contribution in [-0.4, -0.2) is 48.1 Å². The fourth-order valence-electron chi connectivity index (χ4n) is 5.62. The minimum Gasteiger partial charge on any atom is -0.332 e. The monoisotopic (exact) mass is 529 g/mol. The summed E-state index contributed by atoms with van der Waals surface area (Å²) in [6.45, 7) is 1.64. The summed E-state index contributed by atoms with van der Waals surface area (Å²) in [5.74, 6) is 0.956. The zero-order valence-electron chi connectivity index (χ0n) is 22.2. The maximum Gasteiger partial charge on any atom is 0.292 e. The molecule has 3 heterocycles. The Morgan fingerprint density at radius 3 is 2.17 bits per heavy atom. The predicted octanol–water partition coefficient (Wildman–Crippen LogP) is 4.78. The minimum atomic E-state index is -0.101. The molecule has 0 radical (unpaired) electrons. The molecule has 0 spiro atoms. The molecule has 1 aliphatic heterocycles. The number of rotatable bonds is 9. The highest BCUT2D eigenvalue weighted by atomic mass is 16.2. The number of nitrogens with one attached hydrogen (secondary N) is 1. The number of nitrogens with zero attached hydrogens (tertiary/aromatic N) is 6. The van der Waals surface area contributed by atoms with Crippen LogP contribution in [0.15, 0.2) is 110 Å². The summed E-state index contributed by atoms with van der Waals surface area (Å²) in [5, 5.41) is 12.3. The topological polar surface area (TPSA) is 88.8 Å². The third-order valence-electron chi connectivity index (χ3n) is 7.40. The van der Waals surface area contributed by atoms with E-state index in [2.05, 4.69) is 74.0 Å². The van der Waals surface area contributed by atoms with Crippen LogP contribution in [0, 0.1) is 0 Å². The molecule has 5 aromatic rings. The van der Waals surface area contributed by atoms with E-state index in [0.717, 1.165) is 24.2 Å². The lowest BCUT2D eigenvalue weighted by Crippen LogP contribution is -2.40. The van der Waals surface area contributed by atoms with E-state index >= 15 is 0 Å². The molecule has 1 atom stereocenters. The van der Waals surface area contributed by atoms with Crippen LogP contribution >= 0.6 is 0 Å². The van der Waals surface area contributed by atoms with Crippen LogP contribution in [0.1, 0.15) is 52.0 Å². The van der Waals surface area contributed by atoms with Crippen LogP contribution in [0.2, 0.25) is 0 Å². The van der Waals surface area contributed by atoms with Gasteiger partial charge >= 0.3 is 0 Å². The van der Waals surface area contributed by atoms with E-state index in [-0.39, 0.29) is 17.9 Å². The third-order valence-corrected chi connectivity index (χ3v) is 7.40. The summed E-state index contributed by atoms with van der Waals surface area (Å²) in [7, 11) is 0. The first kappa shape index (κ1) is 25.6. The lowest BCUT2D eigenvalue weighted by Gasteiger charge is -2.32. The van der Waals surface area contributed by atoms with E-state index in [0.29, 0.717) is 31.3 Å². The van der Waals surface area contributed by atoms with Gasteiger partial charge in [0.05, 0.1) is 12.2 Å². The normalized spacial score (nSPS) is 15.0. The number of hydrogen-bond donors (Lipinski definition) is 1. The van der Waals surface area contributed by atoms with Crippen molar-refractivity contribution in [3.8, 4) is 5.69 Å². The molecule has 2 aromatic heterocycles. The van der Waals surface area contributed by atoms with Crippen molar-refractivity contribution in [2.24, 2.45) is 0 Å². The third kappa shape index (κ3) is 5.39. The molecule has 1 aliphatic rings. The molecule has 0 saturated carbocycles. The second-order valence-corrected chi connectivity index (χ2v) is 9.92. The standard InChI is InChI=1S/C32H31N7O/c40-32(38-20-10-17-28(38)30(24-11-4-1-5-12-24)25-13-6-2-7-14-25)31-37-36-29(39(31)27-15-8-3-9-16-27)23-34-22-26-21-33-18-19-35-26/h1-9,11-16,18-19,21,28,30,34H,10,17,20,22-23H2/t28-/m1/s1. The highest BCUT2D eigenvalue weighted by molar-refractivity contribution is 5.92. The Labute approximate surface area is 233 Å². The molecule has 3 aromatic carbocycles. The van der Waals surface area contributed by atoms with Crippen molar-refractivity contribution in [3.63, 3.8) is 0 Å². The maximum absolute atomic E-state index is 14.3. The molecule has 200 valence electrons. The number of carbonyl (C=O) groups excluding carboxylic acids is 1. The first-order chi connectivity index (χ1) is 19.8. The van der Waals surface area contributed by atoms with E-state index in [1.807, 2.05) is 51.9 Å². The van der Waals surface area contributed by atoms with Crippen molar-refractivity contribution in [1.29, 1.82) is 0 Å². The Balaban J connectivity index is 1.32. The van der Waals surface area contributed by atoms with Gasteiger partial charge in [-0.1, -0.05) is 78.9 Å². The highest BCUT2D eigenvalue weighted by Gasteiger charge is 2.38.